The molecule has 0 amide bonds. The van der Waals surface area contributed by atoms with Crippen LogP contribution in [0.25, 0.3) is 10.9 Å². The molecule has 0 saturated heterocycles. The predicted molar refractivity (Wildman–Crippen MR) is 120 cm³/mol. The van der Waals surface area contributed by atoms with Gasteiger partial charge in [0.2, 0.25) is 6.79 Å². The normalized spacial score (nSPS) is 12.3. The van der Waals surface area contributed by atoms with Crippen LogP contribution in [-0.2, 0) is 12.3 Å². The predicted octanol–water partition coefficient (Wildman–Crippen LogP) is 5.92. The van der Waals surface area contributed by atoms with E-state index in [-0.39, 0.29) is 6.79 Å². The molecule has 0 fully saturated rings. The molecule has 0 bridgehead atoms. The molecule has 0 spiro atoms. The molecular formula is C23H18ClN3O2S. The van der Waals surface area contributed by atoms with Crippen molar-refractivity contribution < 1.29 is 9.47 Å². The van der Waals surface area contributed by atoms with Gasteiger partial charge >= 0.3 is 0 Å². The first-order valence-electron chi connectivity index (χ1n) is 9.52. The van der Waals surface area contributed by atoms with E-state index in [0.29, 0.717) is 17.5 Å². The van der Waals surface area contributed by atoms with Crippen LogP contribution in [0.15, 0.2) is 71.9 Å². The van der Waals surface area contributed by atoms with E-state index in [0.717, 1.165) is 44.4 Å². The fraction of sp³-hybridized carbons (Fsp3) is 0.130. The molecule has 0 aliphatic carbocycles. The lowest BCUT2D eigenvalue weighted by Gasteiger charge is -2.11. The molecule has 0 atom stereocenters. The van der Waals surface area contributed by atoms with Gasteiger partial charge < -0.3 is 14.8 Å². The first kappa shape index (κ1) is 19.0. The minimum absolute atomic E-state index is 0.273. The molecule has 7 heteroatoms. The number of anilines is 1. The maximum absolute atomic E-state index is 6.29. The van der Waals surface area contributed by atoms with Crippen molar-refractivity contribution in [2.24, 2.45) is 0 Å². The zero-order valence-corrected chi connectivity index (χ0v) is 17.5. The van der Waals surface area contributed by atoms with Gasteiger partial charge in [-0.3, -0.25) is 0 Å². The standard InChI is InChI=1S/C23H18ClN3O2S/c24-18-7-3-1-5-16(18)13-30-23-26-19-8-4-2-6-17(19)22(27-23)25-12-15-9-10-20-21(11-15)29-14-28-20/h1-11H,12-14H2,(H,25,26,27). The molecule has 1 aliphatic rings. The Labute approximate surface area is 183 Å². The maximum Gasteiger partial charge on any atom is 0.231 e. The van der Waals surface area contributed by atoms with Gasteiger partial charge in [0.15, 0.2) is 16.7 Å². The SMILES string of the molecule is Clc1ccccc1CSc1nc(NCc2ccc3c(c2)OCO3)c2ccccc2n1. The van der Waals surface area contributed by atoms with Crippen LogP contribution in [0.3, 0.4) is 0 Å². The first-order chi connectivity index (χ1) is 14.8. The third kappa shape index (κ3) is 4.01. The molecule has 1 N–H and O–H groups in total. The molecule has 30 heavy (non-hydrogen) atoms. The van der Waals surface area contributed by atoms with Crippen molar-refractivity contribution in [1.82, 2.24) is 9.97 Å². The number of para-hydroxylation sites is 1. The molecular weight excluding hydrogens is 418 g/mol. The van der Waals surface area contributed by atoms with Crippen LogP contribution in [0, 0.1) is 0 Å². The molecule has 5 rings (SSSR count). The molecule has 3 aromatic carbocycles. The van der Waals surface area contributed by atoms with Gasteiger partial charge in [0, 0.05) is 22.7 Å². The summed E-state index contributed by atoms with van der Waals surface area (Å²) in [6, 6.07) is 21.8. The van der Waals surface area contributed by atoms with Gasteiger partial charge in [-0.25, -0.2) is 9.97 Å². The maximum atomic E-state index is 6.29. The van der Waals surface area contributed by atoms with Crippen LogP contribution < -0.4 is 14.8 Å². The Morgan fingerprint density at radius 3 is 2.70 bits per heavy atom. The topological polar surface area (TPSA) is 56.3 Å². The van der Waals surface area contributed by atoms with E-state index in [1.807, 2.05) is 66.7 Å². The summed E-state index contributed by atoms with van der Waals surface area (Å²) in [5.74, 6) is 3.07. The van der Waals surface area contributed by atoms with Gasteiger partial charge in [0.1, 0.15) is 5.82 Å². The molecule has 0 radical (unpaired) electrons. The van der Waals surface area contributed by atoms with Crippen LogP contribution in [0.5, 0.6) is 11.5 Å². The van der Waals surface area contributed by atoms with E-state index in [4.69, 9.17) is 31.0 Å². The monoisotopic (exact) mass is 435 g/mol. The number of nitrogens with zero attached hydrogens (tertiary/aromatic N) is 2. The lowest BCUT2D eigenvalue weighted by atomic mass is 10.2. The lowest BCUT2D eigenvalue weighted by molar-refractivity contribution is 0.174. The number of hydrogen-bond acceptors (Lipinski definition) is 6. The van der Waals surface area contributed by atoms with Gasteiger partial charge in [0.25, 0.3) is 0 Å². The number of thioether (sulfide) groups is 1. The molecule has 1 aromatic heterocycles. The molecule has 4 aromatic rings. The summed E-state index contributed by atoms with van der Waals surface area (Å²) < 4.78 is 10.9. The highest BCUT2D eigenvalue weighted by Gasteiger charge is 2.14. The third-order valence-corrected chi connectivity index (χ3v) is 6.06. The van der Waals surface area contributed by atoms with Crippen molar-refractivity contribution in [3.63, 3.8) is 0 Å². The number of fused-ring (bicyclic) bond motifs is 2. The Morgan fingerprint density at radius 1 is 0.933 bits per heavy atom. The minimum Gasteiger partial charge on any atom is -0.454 e. The molecule has 0 unspecified atom stereocenters. The van der Waals surface area contributed by atoms with E-state index in [1.165, 1.54) is 0 Å². The number of halogens is 1. The van der Waals surface area contributed by atoms with Crippen molar-refractivity contribution in [2.75, 3.05) is 12.1 Å². The molecule has 150 valence electrons. The second-order valence-electron chi connectivity index (χ2n) is 6.79. The first-order valence-corrected chi connectivity index (χ1v) is 10.9. The highest BCUT2D eigenvalue weighted by molar-refractivity contribution is 7.98. The zero-order valence-electron chi connectivity index (χ0n) is 16.0. The van der Waals surface area contributed by atoms with Crippen LogP contribution in [0.2, 0.25) is 5.02 Å². The van der Waals surface area contributed by atoms with Gasteiger partial charge in [-0.15, -0.1) is 0 Å². The summed E-state index contributed by atoms with van der Waals surface area (Å²) >= 11 is 7.86. The number of hydrogen-bond donors (Lipinski definition) is 1. The highest BCUT2D eigenvalue weighted by Crippen LogP contribution is 2.33. The van der Waals surface area contributed by atoms with Crippen molar-refractivity contribution in [3.05, 3.63) is 82.9 Å². The molecule has 5 nitrogen and oxygen atoms in total. The summed E-state index contributed by atoms with van der Waals surface area (Å²) in [6.07, 6.45) is 0. The van der Waals surface area contributed by atoms with Crippen molar-refractivity contribution >= 4 is 40.1 Å². The summed E-state index contributed by atoms with van der Waals surface area (Å²) in [7, 11) is 0. The Hall–Kier alpha value is -2.96. The van der Waals surface area contributed by atoms with Gasteiger partial charge in [-0.05, 0) is 41.5 Å². The Kier molecular flexibility index (Phi) is 5.34. The second-order valence-corrected chi connectivity index (χ2v) is 8.14. The molecule has 2 heterocycles. The van der Waals surface area contributed by atoms with E-state index < -0.39 is 0 Å². The Bertz CT molecular complexity index is 1220. The summed E-state index contributed by atoms with van der Waals surface area (Å²) in [5.41, 5.74) is 3.06. The molecule has 0 saturated carbocycles. The average molecular weight is 436 g/mol. The number of ether oxygens (including phenoxy) is 2. The van der Waals surface area contributed by atoms with E-state index in [2.05, 4.69) is 5.32 Å². The van der Waals surface area contributed by atoms with Crippen LogP contribution in [-0.4, -0.2) is 16.8 Å². The van der Waals surface area contributed by atoms with Crippen molar-refractivity contribution in [2.45, 2.75) is 17.5 Å². The zero-order chi connectivity index (χ0) is 20.3. The van der Waals surface area contributed by atoms with E-state index in [9.17, 15) is 0 Å². The average Bonchev–Trinajstić information content (AvgIpc) is 3.25. The van der Waals surface area contributed by atoms with Crippen LogP contribution >= 0.6 is 23.4 Å². The minimum atomic E-state index is 0.273. The Morgan fingerprint density at radius 2 is 1.77 bits per heavy atom. The lowest BCUT2D eigenvalue weighted by Crippen LogP contribution is -2.04. The summed E-state index contributed by atoms with van der Waals surface area (Å²) in [4.78, 5) is 9.49. The van der Waals surface area contributed by atoms with Crippen LogP contribution in [0.4, 0.5) is 5.82 Å². The fourth-order valence-corrected chi connectivity index (χ4v) is 4.39. The number of nitrogens with one attached hydrogen (secondary N) is 1. The van der Waals surface area contributed by atoms with Crippen LogP contribution in [0.1, 0.15) is 11.1 Å². The van der Waals surface area contributed by atoms with Gasteiger partial charge in [0.05, 0.1) is 5.52 Å². The third-order valence-electron chi connectivity index (χ3n) is 4.79. The molecule has 1 aliphatic heterocycles. The largest absolute Gasteiger partial charge is 0.454 e. The number of benzene rings is 3. The number of rotatable bonds is 6. The smallest absolute Gasteiger partial charge is 0.231 e. The summed E-state index contributed by atoms with van der Waals surface area (Å²) in [6.45, 7) is 0.890. The summed E-state index contributed by atoms with van der Waals surface area (Å²) in [5, 5.41) is 5.91. The van der Waals surface area contributed by atoms with E-state index in [1.54, 1.807) is 11.8 Å². The van der Waals surface area contributed by atoms with E-state index >= 15 is 0 Å². The van der Waals surface area contributed by atoms with Crippen molar-refractivity contribution in [1.29, 1.82) is 0 Å². The number of aromatic nitrogens is 2. The Balaban J connectivity index is 1.38. The van der Waals surface area contributed by atoms with Gasteiger partial charge in [-0.2, -0.15) is 0 Å². The van der Waals surface area contributed by atoms with Gasteiger partial charge in [-0.1, -0.05) is 59.8 Å². The highest BCUT2D eigenvalue weighted by atomic mass is 35.5. The fourth-order valence-electron chi connectivity index (χ4n) is 3.25. The quantitative estimate of drug-likeness (QED) is 0.300. The van der Waals surface area contributed by atoms with Crippen molar-refractivity contribution in [3.8, 4) is 11.5 Å². The second kappa shape index (κ2) is 8.42.